The van der Waals surface area contributed by atoms with E-state index in [0.717, 1.165) is 33.0 Å². The van der Waals surface area contributed by atoms with Crippen LogP contribution in [0.5, 0.6) is 0 Å². The Balaban J connectivity index is 1.61. The summed E-state index contributed by atoms with van der Waals surface area (Å²) in [5, 5.41) is 20.1. The lowest BCUT2D eigenvalue weighted by Crippen LogP contribution is -2.30. The van der Waals surface area contributed by atoms with Crippen LogP contribution in [0.15, 0.2) is 45.9 Å². The summed E-state index contributed by atoms with van der Waals surface area (Å²) in [6, 6.07) is 9.95. The molecule has 0 fully saturated rings. The van der Waals surface area contributed by atoms with Crippen LogP contribution in [0.4, 0.5) is 0 Å². The zero-order valence-corrected chi connectivity index (χ0v) is 15.8. The Labute approximate surface area is 157 Å². The molecule has 0 N–H and O–H groups in total. The van der Waals surface area contributed by atoms with Crippen LogP contribution in [-0.4, -0.2) is 24.7 Å². The minimum absolute atomic E-state index is 0.0170. The largest absolute Gasteiger partial charge is 0.252 e. The molecule has 0 aliphatic carbocycles. The molecule has 0 radical (unpaired) electrons. The van der Waals surface area contributed by atoms with Gasteiger partial charge in [0.15, 0.2) is 5.82 Å². The van der Waals surface area contributed by atoms with Crippen LogP contribution in [0.2, 0.25) is 5.15 Å². The Hall–Kier alpha value is -1.90. The average molecular weight is 389 g/mol. The van der Waals surface area contributed by atoms with Gasteiger partial charge in [0.25, 0.3) is 0 Å². The van der Waals surface area contributed by atoms with Gasteiger partial charge in [0, 0.05) is 11.0 Å². The molecule has 3 aromatic rings. The first kappa shape index (κ1) is 15.4. The lowest BCUT2D eigenvalue weighted by molar-refractivity contribution is 0.617. The number of halogens is 1. The molecular formula is C16H13ClN6S2. The molecule has 2 aromatic heterocycles. The zero-order chi connectivity index (χ0) is 17.1. The van der Waals surface area contributed by atoms with E-state index >= 15 is 0 Å². The number of fused-ring (bicyclic) bond motifs is 3. The van der Waals surface area contributed by atoms with Crippen molar-refractivity contribution in [3.8, 4) is 5.69 Å². The fraction of sp³-hybridized carbons (Fsp3) is 0.188. The predicted molar refractivity (Wildman–Crippen MR) is 101 cm³/mol. The Morgan fingerprint density at radius 2 is 1.92 bits per heavy atom. The van der Waals surface area contributed by atoms with Crippen molar-refractivity contribution in [3.05, 3.63) is 63.0 Å². The summed E-state index contributed by atoms with van der Waals surface area (Å²) in [7, 11) is 0. The highest BCUT2D eigenvalue weighted by Crippen LogP contribution is 2.52. The van der Waals surface area contributed by atoms with Gasteiger partial charge in [-0.25, -0.2) is 9.36 Å². The van der Waals surface area contributed by atoms with Gasteiger partial charge in [0.2, 0.25) is 5.16 Å². The van der Waals surface area contributed by atoms with E-state index in [4.69, 9.17) is 11.6 Å². The van der Waals surface area contributed by atoms with Gasteiger partial charge in [0.05, 0.1) is 11.4 Å². The zero-order valence-electron chi connectivity index (χ0n) is 13.4. The topological polar surface area (TPSA) is 51.8 Å². The summed E-state index contributed by atoms with van der Waals surface area (Å²) < 4.78 is 3.85. The molecule has 0 amide bonds. The molecule has 2 aliphatic heterocycles. The first-order valence-corrected chi connectivity index (χ1v) is 9.84. The van der Waals surface area contributed by atoms with Gasteiger partial charge in [-0.1, -0.05) is 41.6 Å². The highest BCUT2D eigenvalue weighted by Gasteiger charge is 2.41. The second-order valence-corrected chi connectivity index (χ2v) is 8.07. The van der Waals surface area contributed by atoms with Gasteiger partial charge in [-0.2, -0.15) is 5.10 Å². The van der Waals surface area contributed by atoms with E-state index < -0.39 is 0 Å². The monoisotopic (exact) mass is 388 g/mol. The third kappa shape index (κ3) is 2.17. The van der Waals surface area contributed by atoms with Crippen molar-refractivity contribution >= 4 is 35.1 Å². The van der Waals surface area contributed by atoms with Crippen LogP contribution >= 0.6 is 35.1 Å². The SMILES string of the molecule is Cc1nn(-c2ccccc2)c(Cl)c1[C@H]1SC=C2Sc3nnc(C)n3N21. The highest BCUT2D eigenvalue weighted by molar-refractivity contribution is 8.07. The maximum Gasteiger partial charge on any atom is 0.216 e. The molecule has 5 rings (SSSR count). The molecule has 25 heavy (non-hydrogen) atoms. The number of para-hydroxylation sites is 1. The Morgan fingerprint density at radius 3 is 2.72 bits per heavy atom. The smallest absolute Gasteiger partial charge is 0.216 e. The minimum Gasteiger partial charge on any atom is -0.252 e. The quantitative estimate of drug-likeness (QED) is 0.660. The minimum atomic E-state index is 0.0170. The van der Waals surface area contributed by atoms with Crippen LogP contribution in [0, 0.1) is 13.8 Å². The van der Waals surface area contributed by atoms with E-state index in [9.17, 15) is 0 Å². The predicted octanol–water partition coefficient (Wildman–Crippen LogP) is 4.02. The van der Waals surface area contributed by atoms with E-state index in [1.807, 2.05) is 44.2 Å². The molecular weight excluding hydrogens is 376 g/mol. The van der Waals surface area contributed by atoms with Crippen molar-refractivity contribution in [2.75, 3.05) is 5.01 Å². The molecule has 0 bridgehead atoms. The average Bonchev–Trinajstić information content (AvgIpc) is 3.32. The van der Waals surface area contributed by atoms with Crippen LogP contribution in [-0.2, 0) is 0 Å². The summed E-state index contributed by atoms with van der Waals surface area (Å²) in [5.74, 6) is 0.864. The lowest BCUT2D eigenvalue weighted by Gasteiger charge is -2.25. The number of nitrogens with zero attached hydrogens (tertiary/aromatic N) is 6. The molecule has 0 unspecified atom stereocenters. The molecule has 1 atom stereocenters. The number of thioether (sulfide) groups is 2. The first-order chi connectivity index (χ1) is 12.1. The second-order valence-electron chi connectivity index (χ2n) is 5.77. The van der Waals surface area contributed by atoms with Gasteiger partial charge in [-0.3, -0.25) is 5.01 Å². The maximum absolute atomic E-state index is 6.77. The molecule has 0 saturated carbocycles. The fourth-order valence-corrected chi connectivity index (χ4v) is 5.91. The molecule has 4 heterocycles. The highest BCUT2D eigenvalue weighted by atomic mass is 35.5. The summed E-state index contributed by atoms with van der Waals surface area (Å²) in [6.07, 6.45) is 0. The van der Waals surface area contributed by atoms with Gasteiger partial charge in [-0.05, 0) is 37.7 Å². The summed E-state index contributed by atoms with van der Waals surface area (Å²) in [5.41, 5.74) is 2.89. The molecule has 2 aliphatic rings. The molecule has 1 aromatic carbocycles. The van der Waals surface area contributed by atoms with Crippen molar-refractivity contribution < 1.29 is 0 Å². The number of hydrogen-bond donors (Lipinski definition) is 0. The molecule has 0 spiro atoms. The Morgan fingerprint density at radius 1 is 1.12 bits per heavy atom. The summed E-state index contributed by atoms with van der Waals surface area (Å²) in [4.78, 5) is 0. The molecule has 126 valence electrons. The number of hydrogen-bond acceptors (Lipinski definition) is 6. The van der Waals surface area contributed by atoms with Crippen LogP contribution < -0.4 is 5.01 Å². The van der Waals surface area contributed by atoms with Crippen LogP contribution in [0.3, 0.4) is 0 Å². The van der Waals surface area contributed by atoms with E-state index in [-0.39, 0.29) is 5.37 Å². The maximum atomic E-state index is 6.77. The number of aryl methyl sites for hydroxylation is 2. The van der Waals surface area contributed by atoms with Crippen LogP contribution in [0.25, 0.3) is 5.69 Å². The lowest BCUT2D eigenvalue weighted by atomic mass is 10.2. The van der Waals surface area contributed by atoms with E-state index in [1.54, 1.807) is 28.2 Å². The number of benzene rings is 1. The normalized spacial score (nSPS) is 18.4. The van der Waals surface area contributed by atoms with Gasteiger partial charge < -0.3 is 0 Å². The van der Waals surface area contributed by atoms with Crippen molar-refractivity contribution in [2.45, 2.75) is 24.4 Å². The first-order valence-electron chi connectivity index (χ1n) is 7.70. The molecule has 6 nitrogen and oxygen atoms in total. The fourth-order valence-electron chi connectivity index (χ4n) is 3.09. The number of aromatic nitrogens is 5. The van der Waals surface area contributed by atoms with Crippen LogP contribution in [0.1, 0.15) is 22.5 Å². The number of rotatable bonds is 2. The van der Waals surface area contributed by atoms with Crippen molar-refractivity contribution in [1.29, 1.82) is 0 Å². The third-order valence-corrected chi connectivity index (χ3v) is 6.74. The van der Waals surface area contributed by atoms with Gasteiger partial charge in [-0.15, -0.1) is 10.2 Å². The van der Waals surface area contributed by atoms with Gasteiger partial charge in [0.1, 0.15) is 15.6 Å². The second kappa shape index (κ2) is 5.55. The van der Waals surface area contributed by atoms with Crippen molar-refractivity contribution in [2.24, 2.45) is 0 Å². The van der Waals surface area contributed by atoms with Crippen molar-refractivity contribution in [1.82, 2.24) is 24.7 Å². The van der Waals surface area contributed by atoms with Crippen molar-refractivity contribution in [3.63, 3.8) is 0 Å². The standard InChI is InChI=1S/C16H13ClN6S2/c1-9-13(14(17)21(20-9)11-6-4-3-5-7-11)15-23-12(8-24-15)25-16-19-18-10(2)22(16)23/h3-8,15H,1-2H3/t15-/m1/s1. The Kier molecular flexibility index (Phi) is 3.41. The summed E-state index contributed by atoms with van der Waals surface area (Å²) >= 11 is 10.1. The third-order valence-electron chi connectivity index (χ3n) is 4.22. The van der Waals surface area contributed by atoms with Gasteiger partial charge >= 0.3 is 0 Å². The van der Waals surface area contributed by atoms with E-state index in [0.29, 0.717) is 5.15 Å². The van der Waals surface area contributed by atoms with E-state index in [2.05, 4.69) is 30.4 Å². The molecule has 0 saturated heterocycles. The molecule has 9 heteroatoms. The summed E-state index contributed by atoms with van der Waals surface area (Å²) in [6.45, 7) is 3.96. The van der Waals surface area contributed by atoms with E-state index in [1.165, 1.54) is 0 Å². The Bertz CT molecular complexity index is 1010.